The van der Waals surface area contributed by atoms with E-state index in [4.69, 9.17) is 4.98 Å². The highest BCUT2D eigenvalue weighted by atomic mass is 32.2. The van der Waals surface area contributed by atoms with Crippen LogP contribution in [0.25, 0.3) is 21.1 Å². The summed E-state index contributed by atoms with van der Waals surface area (Å²) in [5.74, 6) is 0.553. The monoisotopic (exact) mass is 424 g/mol. The molecule has 0 spiro atoms. The van der Waals surface area contributed by atoms with Gasteiger partial charge in [-0.15, -0.1) is 17.9 Å². The first-order valence-electron chi connectivity index (χ1n) is 9.17. The Morgan fingerprint density at radius 2 is 2.03 bits per heavy atom. The van der Waals surface area contributed by atoms with Gasteiger partial charge in [0.25, 0.3) is 11.1 Å². The highest BCUT2D eigenvalue weighted by molar-refractivity contribution is 7.99. The van der Waals surface area contributed by atoms with Gasteiger partial charge in [0.15, 0.2) is 5.16 Å². The first-order chi connectivity index (χ1) is 13.9. The molecule has 1 atom stereocenters. The van der Waals surface area contributed by atoms with Crippen LogP contribution in [0.15, 0.2) is 51.7 Å². The molecular weight excluding hydrogens is 404 g/mol. The lowest BCUT2D eigenvalue weighted by Crippen LogP contribution is -2.23. The van der Waals surface area contributed by atoms with Gasteiger partial charge in [0, 0.05) is 11.4 Å². The van der Waals surface area contributed by atoms with Crippen LogP contribution in [0.2, 0.25) is 0 Å². The van der Waals surface area contributed by atoms with Gasteiger partial charge in [-0.05, 0) is 38.5 Å². The van der Waals surface area contributed by atoms with E-state index in [0.29, 0.717) is 33.8 Å². The van der Waals surface area contributed by atoms with E-state index in [1.807, 2.05) is 39.0 Å². The van der Waals surface area contributed by atoms with Crippen LogP contribution in [0.3, 0.4) is 0 Å². The Kier molecular flexibility index (Phi) is 5.14. The zero-order valence-corrected chi connectivity index (χ0v) is 18.0. The van der Waals surface area contributed by atoms with E-state index in [0.717, 1.165) is 15.3 Å². The zero-order valence-electron chi connectivity index (χ0n) is 16.4. The molecule has 0 bridgehead atoms. The smallest absolute Gasteiger partial charge is 0.263 e. The molecule has 0 amide bonds. The number of thiophene rings is 1. The van der Waals surface area contributed by atoms with E-state index >= 15 is 0 Å². The maximum atomic E-state index is 13.1. The van der Waals surface area contributed by atoms with Gasteiger partial charge in [-0.3, -0.25) is 14.2 Å². The van der Waals surface area contributed by atoms with Crippen molar-refractivity contribution in [3.05, 3.63) is 73.9 Å². The number of aromatic amines is 1. The highest BCUT2D eigenvalue weighted by Gasteiger charge is 2.20. The predicted molar refractivity (Wildman–Crippen MR) is 120 cm³/mol. The number of benzene rings is 1. The summed E-state index contributed by atoms with van der Waals surface area (Å²) in [4.78, 5) is 39.6. The molecule has 6 nitrogen and oxygen atoms in total. The average molecular weight is 425 g/mol. The summed E-state index contributed by atoms with van der Waals surface area (Å²) < 4.78 is 1.63. The molecule has 1 aromatic carbocycles. The first-order valence-corrected chi connectivity index (χ1v) is 10.9. The molecule has 0 radical (unpaired) electrons. The van der Waals surface area contributed by atoms with Gasteiger partial charge in [-0.2, -0.15) is 0 Å². The normalized spacial score (nSPS) is 12.5. The summed E-state index contributed by atoms with van der Waals surface area (Å²) in [5, 5.41) is 1.62. The van der Waals surface area contributed by atoms with Crippen molar-refractivity contribution in [2.75, 3.05) is 0 Å². The number of hydrogen-bond acceptors (Lipinski definition) is 6. The molecule has 4 rings (SSSR count). The lowest BCUT2D eigenvalue weighted by atomic mass is 10.2. The average Bonchev–Trinajstić information content (AvgIpc) is 2.98. The Bertz CT molecular complexity index is 1370. The molecule has 8 heteroatoms. The maximum absolute atomic E-state index is 13.1. The number of thioether (sulfide) groups is 1. The molecule has 4 aromatic rings. The third-order valence-corrected chi connectivity index (χ3v) is 7.06. The molecule has 0 saturated carbocycles. The summed E-state index contributed by atoms with van der Waals surface area (Å²) in [7, 11) is 0. The molecule has 3 heterocycles. The van der Waals surface area contributed by atoms with Crippen LogP contribution in [-0.4, -0.2) is 19.5 Å². The third-order valence-electron chi connectivity index (χ3n) is 4.86. The highest BCUT2D eigenvalue weighted by Crippen LogP contribution is 2.34. The number of nitrogens with zero attached hydrogens (tertiary/aromatic N) is 3. The van der Waals surface area contributed by atoms with Gasteiger partial charge < -0.3 is 4.98 Å². The summed E-state index contributed by atoms with van der Waals surface area (Å²) >= 11 is 2.93. The number of aryl methyl sites for hydroxylation is 2. The van der Waals surface area contributed by atoms with Gasteiger partial charge in [0.2, 0.25) is 0 Å². The number of hydrogen-bond donors (Lipinski definition) is 1. The molecule has 148 valence electrons. The van der Waals surface area contributed by atoms with E-state index < -0.39 is 0 Å². The fourth-order valence-electron chi connectivity index (χ4n) is 3.20. The van der Waals surface area contributed by atoms with Crippen molar-refractivity contribution in [1.29, 1.82) is 0 Å². The molecule has 29 heavy (non-hydrogen) atoms. The number of nitrogens with one attached hydrogen (secondary N) is 1. The first kappa shape index (κ1) is 19.6. The van der Waals surface area contributed by atoms with Gasteiger partial charge in [0.05, 0.1) is 21.5 Å². The largest absolute Gasteiger partial charge is 0.309 e. The van der Waals surface area contributed by atoms with Crippen molar-refractivity contribution in [3.63, 3.8) is 0 Å². The minimum atomic E-state index is -0.199. The number of rotatable bonds is 5. The van der Waals surface area contributed by atoms with E-state index in [-0.39, 0.29) is 16.4 Å². The third kappa shape index (κ3) is 3.42. The molecule has 1 N–H and O–H groups in total. The second kappa shape index (κ2) is 7.61. The summed E-state index contributed by atoms with van der Waals surface area (Å²) in [6.45, 7) is 10.0. The van der Waals surface area contributed by atoms with E-state index in [2.05, 4.69) is 16.5 Å². The summed E-state index contributed by atoms with van der Waals surface area (Å²) in [6, 6.07) is 7.24. The molecule has 0 fully saturated rings. The lowest BCUT2D eigenvalue weighted by Gasteiger charge is -2.14. The van der Waals surface area contributed by atoms with E-state index in [1.165, 1.54) is 23.1 Å². The van der Waals surface area contributed by atoms with Gasteiger partial charge in [0.1, 0.15) is 10.7 Å². The van der Waals surface area contributed by atoms with Crippen molar-refractivity contribution >= 4 is 44.2 Å². The van der Waals surface area contributed by atoms with Crippen LogP contribution in [0.4, 0.5) is 0 Å². The molecule has 0 aliphatic heterocycles. The van der Waals surface area contributed by atoms with Crippen LogP contribution < -0.4 is 11.1 Å². The van der Waals surface area contributed by atoms with Gasteiger partial charge >= 0.3 is 0 Å². The van der Waals surface area contributed by atoms with Crippen molar-refractivity contribution < 1.29 is 0 Å². The second-order valence-corrected chi connectivity index (χ2v) is 9.30. The summed E-state index contributed by atoms with van der Waals surface area (Å²) in [5.41, 5.74) is 1.39. The topological polar surface area (TPSA) is 80.6 Å². The fraction of sp³-hybridized carbons (Fsp3) is 0.238. The molecule has 0 aliphatic carbocycles. The van der Waals surface area contributed by atoms with Crippen LogP contribution >= 0.6 is 23.1 Å². The van der Waals surface area contributed by atoms with Gasteiger partial charge in [-0.25, -0.2) is 9.97 Å². The Hall–Kier alpha value is -2.71. The number of para-hydroxylation sites is 1. The number of H-pyrrole nitrogens is 1. The minimum Gasteiger partial charge on any atom is -0.309 e. The predicted octanol–water partition coefficient (Wildman–Crippen LogP) is 4.35. The standard InChI is InChI=1S/C21H20N4O2S2/c1-5-10-25-20(27)16-11(2)12(3)28-19(16)24-21(25)29-13(4)17-22-15-9-7-6-8-14(15)18(26)23-17/h5-9,13H,1,10H2,2-4H3,(H,22,23,26). The summed E-state index contributed by atoms with van der Waals surface area (Å²) in [6.07, 6.45) is 1.69. The maximum Gasteiger partial charge on any atom is 0.263 e. The van der Waals surface area contributed by atoms with Crippen molar-refractivity contribution in [2.45, 2.75) is 37.7 Å². The molecular formula is C21H20N4O2S2. The van der Waals surface area contributed by atoms with Crippen molar-refractivity contribution in [3.8, 4) is 0 Å². The minimum absolute atomic E-state index is 0.0635. The molecule has 1 unspecified atom stereocenters. The van der Waals surface area contributed by atoms with E-state index in [1.54, 1.807) is 16.7 Å². The number of fused-ring (bicyclic) bond motifs is 2. The SMILES string of the molecule is C=CCn1c(SC(C)c2nc3ccccc3c(=O)[nH]2)nc2sc(C)c(C)c2c1=O. The van der Waals surface area contributed by atoms with Gasteiger partial charge in [-0.1, -0.05) is 30.0 Å². The van der Waals surface area contributed by atoms with Crippen LogP contribution in [-0.2, 0) is 6.54 Å². The Morgan fingerprint density at radius 3 is 2.79 bits per heavy atom. The van der Waals surface area contributed by atoms with E-state index in [9.17, 15) is 9.59 Å². The second-order valence-electron chi connectivity index (χ2n) is 6.79. The number of aromatic nitrogens is 4. The Balaban J connectivity index is 1.81. The van der Waals surface area contributed by atoms with Crippen LogP contribution in [0.1, 0.15) is 28.4 Å². The van der Waals surface area contributed by atoms with Crippen molar-refractivity contribution in [2.24, 2.45) is 0 Å². The van der Waals surface area contributed by atoms with Crippen LogP contribution in [0, 0.1) is 13.8 Å². The zero-order chi connectivity index (χ0) is 20.7. The number of allylic oxidation sites excluding steroid dienone is 1. The van der Waals surface area contributed by atoms with Crippen LogP contribution in [0.5, 0.6) is 0 Å². The lowest BCUT2D eigenvalue weighted by molar-refractivity contribution is 0.670. The Morgan fingerprint density at radius 1 is 1.28 bits per heavy atom. The van der Waals surface area contributed by atoms with Crippen molar-refractivity contribution in [1.82, 2.24) is 19.5 Å². The molecule has 0 aliphatic rings. The molecule has 3 aromatic heterocycles. The molecule has 0 saturated heterocycles. The fourth-order valence-corrected chi connectivity index (χ4v) is 5.25. The Labute approximate surface area is 175 Å². The quantitative estimate of drug-likeness (QED) is 0.293.